The quantitative estimate of drug-likeness (QED) is 0.272. The summed E-state index contributed by atoms with van der Waals surface area (Å²) in [6, 6.07) is 0. The fraction of sp³-hybridized carbons (Fsp3) is 0.385. The largest absolute Gasteiger partial charge is 0.382 e. The number of hydrogen-bond donors (Lipinski definition) is 0. The summed E-state index contributed by atoms with van der Waals surface area (Å²) in [6.07, 6.45) is 0. The van der Waals surface area contributed by atoms with Gasteiger partial charge in [0.05, 0.1) is 0 Å². The van der Waals surface area contributed by atoms with Gasteiger partial charge in [-0.05, 0) is 13.8 Å². The SMILES string of the molecule is Brc1c[se]cc1Br.Brc1c[se]cc1I.C.CCOCC. The molecule has 0 aliphatic rings. The summed E-state index contributed by atoms with van der Waals surface area (Å²) in [6.45, 7) is 5.67. The van der Waals surface area contributed by atoms with E-state index in [0.717, 1.165) is 13.2 Å². The summed E-state index contributed by atoms with van der Waals surface area (Å²) < 4.78 is 9.87. The van der Waals surface area contributed by atoms with E-state index in [1.165, 1.54) is 17.0 Å². The van der Waals surface area contributed by atoms with Gasteiger partial charge in [-0.1, -0.05) is 7.43 Å². The molecule has 0 saturated carbocycles. The molecule has 0 fully saturated rings. The van der Waals surface area contributed by atoms with Crippen molar-refractivity contribution in [3.05, 3.63) is 36.7 Å². The summed E-state index contributed by atoms with van der Waals surface area (Å²) in [7, 11) is 0. The van der Waals surface area contributed by atoms with Gasteiger partial charge in [0.15, 0.2) is 0 Å². The van der Waals surface area contributed by atoms with Gasteiger partial charge in [-0.2, -0.15) is 0 Å². The molecule has 2 aromatic heterocycles. The normalized spacial score (nSPS) is 8.70. The number of ether oxygens (including phenoxy) is 1. The van der Waals surface area contributed by atoms with Gasteiger partial charge < -0.3 is 4.74 Å². The maximum atomic E-state index is 4.83. The van der Waals surface area contributed by atoms with Crippen LogP contribution in [0.4, 0.5) is 0 Å². The van der Waals surface area contributed by atoms with Gasteiger partial charge in [0, 0.05) is 13.2 Å². The second kappa shape index (κ2) is 16.0. The first-order valence-corrected chi connectivity index (χ1v) is 12.8. The fourth-order valence-electron chi connectivity index (χ4n) is 0.736. The minimum Gasteiger partial charge on any atom is -0.382 e. The second-order valence-corrected chi connectivity index (χ2v) is 9.76. The predicted octanol–water partition coefficient (Wildman–Crippen LogP) is 6.06. The van der Waals surface area contributed by atoms with Gasteiger partial charge in [0.25, 0.3) is 0 Å². The van der Waals surface area contributed by atoms with Crippen LogP contribution in [0.3, 0.4) is 0 Å². The van der Waals surface area contributed by atoms with E-state index in [1.807, 2.05) is 13.8 Å². The molecule has 0 aliphatic heterocycles. The van der Waals surface area contributed by atoms with E-state index in [2.05, 4.69) is 90.1 Å². The third-order valence-electron chi connectivity index (χ3n) is 1.55. The average molecular weight is 715 g/mol. The molecule has 0 aromatic carbocycles. The van der Waals surface area contributed by atoms with Gasteiger partial charge in [-0.25, -0.2) is 0 Å². The van der Waals surface area contributed by atoms with Crippen LogP contribution in [0.25, 0.3) is 0 Å². The molecule has 0 N–H and O–H groups in total. The molecular formula is C13H18Br3IOSe2. The van der Waals surface area contributed by atoms with Gasteiger partial charge in [-0.3, -0.25) is 0 Å². The first-order chi connectivity index (χ1) is 9.02. The Morgan fingerprint density at radius 3 is 1.40 bits per heavy atom. The van der Waals surface area contributed by atoms with Gasteiger partial charge >= 0.3 is 136 Å². The van der Waals surface area contributed by atoms with Crippen LogP contribution in [-0.2, 0) is 4.74 Å². The minimum absolute atomic E-state index is 0. The molecule has 0 atom stereocenters. The maximum Gasteiger partial charge on any atom is 0.0437 e. The van der Waals surface area contributed by atoms with E-state index in [4.69, 9.17) is 4.74 Å². The Bertz CT molecular complexity index is 373. The first-order valence-electron chi connectivity index (χ1n) is 5.35. The smallest absolute Gasteiger partial charge is 0.0437 e. The Morgan fingerprint density at radius 1 is 0.900 bits per heavy atom. The summed E-state index contributed by atoms with van der Waals surface area (Å²) in [5, 5.41) is 0. The topological polar surface area (TPSA) is 9.23 Å². The third-order valence-corrected chi connectivity index (χ3v) is 11.8. The molecule has 2 heterocycles. The molecular weight excluding hydrogens is 697 g/mol. The van der Waals surface area contributed by atoms with E-state index in [0.29, 0.717) is 29.0 Å². The number of halogens is 4. The van der Waals surface area contributed by atoms with Crippen molar-refractivity contribution >= 4 is 99.4 Å². The van der Waals surface area contributed by atoms with Crippen molar-refractivity contribution in [2.75, 3.05) is 13.2 Å². The molecule has 0 saturated heterocycles. The van der Waals surface area contributed by atoms with Gasteiger partial charge in [0.2, 0.25) is 0 Å². The number of hydrogen-bond acceptors (Lipinski definition) is 1. The van der Waals surface area contributed by atoms with E-state index in [-0.39, 0.29) is 7.43 Å². The average Bonchev–Trinajstić information content (AvgIpc) is 2.93. The zero-order chi connectivity index (χ0) is 14.7. The van der Waals surface area contributed by atoms with Crippen LogP contribution >= 0.6 is 70.4 Å². The van der Waals surface area contributed by atoms with Crippen molar-refractivity contribution in [1.82, 2.24) is 0 Å². The molecule has 0 aliphatic carbocycles. The van der Waals surface area contributed by atoms with Crippen LogP contribution in [0.5, 0.6) is 0 Å². The molecule has 2 aromatic rings. The molecule has 20 heavy (non-hydrogen) atoms. The van der Waals surface area contributed by atoms with Crippen LogP contribution in [0.15, 0.2) is 33.2 Å². The molecule has 116 valence electrons. The van der Waals surface area contributed by atoms with Gasteiger partial charge in [-0.15, -0.1) is 0 Å². The molecule has 0 amide bonds. The predicted molar refractivity (Wildman–Crippen MR) is 111 cm³/mol. The minimum atomic E-state index is 0. The number of rotatable bonds is 2. The molecule has 0 bridgehead atoms. The molecule has 0 spiro atoms. The zero-order valence-electron chi connectivity index (χ0n) is 10.5. The molecule has 7 heteroatoms. The van der Waals surface area contributed by atoms with E-state index in [9.17, 15) is 0 Å². The Kier molecular flexibility index (Phi) is 19.5. The Morgan fingerprint density at radius 2 is 1.30 bits per heavy atom. The van der Waals surface area contributed by atoms with Crippen molar-refractivity contribution in [3.8, 4) is 0 Å². The molecule has 2 rings (SSSR count). The van der Waals surface area contributed by atoms with E-state index in [1.54, 1.807) is 0 Å². The van der Waals surface area contributed by atoms with Crippen LogP contribution in [0, 0.1) is 3.57 Å². The molecule has 1 nitrogen and oxygen atoms in total. The summed E-state index contributed by atoms with van der Waals surface area (Å²) >= 11 is 13.7. The van der Waals surface area contributed by atoms with Crippen LogP contribution in [-0.4, -0.2) is 42.2 Å². The maximum absolute atomic E-state index is 4.83. The molecule has 0 unspecified atom stereocenters. The standard InChI is InChI=1S/C4H2Br2Se.C4H2BrISe.C4H10O.CH4/c2*5-3-1-7-2-4(3)6;1-3-5-4-2;/h2*1-2H;3-4H2,1-2H3;1H4. The Labute approximate surface area is 173 Å². The zero-order valence-corrected chi connectivity index (χ0v) is 20.8. The third kappa shape index (κ3) is 12.7. The van der Waals surface area contributed by atoms with E-state index >= 15 is 0 Å². The van der Waals surface area contributed by atoms with Crippen LogP contribution in [0.1, 0.15) is 21.3 Å². The first kappa shape index (κ1) is 24.4. The summed E-state index contributed by atoms with van der Waals surface area (Å²) in [5.41, 5.74) is 0. The van der Waals surface area contributed by atoms with Crippen molar-refractivity contribution in [2.45, 2.75) is 21.3 Å². The van der Waals surface area contributed by atoms with Crippen molar-refractivity contribution < 1.29 is 4.74 Å². The van der Waals surface area contributed by atoms with Crippen molar-refractivity contribution in [1.29, 1.82) is 0 Å². The van der Waals surface area contributed by atoms with Crippen LogP contribution in [0.2, 0.25) is 0 Å². The van der Waals surface area contributed by atoms with E-state index < -0.39 is 0 Å². The second-order valence-electron chi connectivity index (χ2n) is 2.92. The summed E-state index contributed by atoms with van der Waals surface area (Å²) in [5.74, 6) is 0. The van der Waals surface area contributed by atoms with Crippen molar-refractivity contribution in [2.24, 2.45) is 0 Å². The van der Waals surface area contributed by atoms with Crippen LogP contribution < -0.4 is 0 Å². The van der Waals surface area contributed by atoms with Crippen molar-refractivity contribution in [3.63, 3.8) is 0 Å². The van der Waals surface area contributed by atoms with Gasteiger partial charge in [0.1, 0.15) is 0 Å². The fourth-order valence-corrected chi connectivity index (χ4v) is 7.53. The monoisotopic (exact) mass is 714 g/mol. The Balaban J connectivity index is 0. The summed E-state index contributed by atoms with van der Waals surface area (Å²) in [4.78, 5) is 8.82. The Hall–Kier alpha value is 2.13. The molecule has 0 radical (unpaired) electrons.